The Morgan fingerprint density at radius 1 is 1.21 bits per heavy atom. The Morgan fingerprint density at radius 3 is 2.58 bits per heavy atom. The Kier molecular flexibility index (Phi) is 6.27. The third-order valence-electron chi connectivity index (χ3n) is 3.83. The number of nitrogens with one attached hydrogen (secondary N) is 1. The fourth-order valence-electron chi connectivity index (χ4n) is 2.66. The fourth-order valence-corrected chi connectivity index (χ4v) is 3.12. The van der Waals surface area contributed by atoms with Crippen molar-refractivity contribution in [3.63, 3.8) is 0 Å². The molecule has 0 aliphatic carbocycles. The van der Waals surface area contributed by atoms with Gasteiger partial charge in [-0.3, -0.25) is 4.79 Å². The largest absolute Gasteiger partial charge is 0.444 e. The zero-order chi connectivity index (χ0) is 17.7. The number of rotatable bonds is 2. The van der Waals surface area contributed by atoms with Crippen LogP contribution in [0.25, 0.3) is 0 Å². The van der Waals surface area contributed by atoms with Crippen LogP contribution in [0.15, 0.2) is 28.7 Å². The molecule has 1 N–H and O–H groups in total. The number of hydrogen-bond acceptors (Lipinski definition) is 3. The Morgan fingerprint density at radius 2 is 1.92 bits per heavy atom. The lowest BCUT2D eigenvalue weighted by atomic mass is 10.1. The number of amides is 2. The number of ether oxygens (including phenoxy) is 1. The van der Waals surface area contributed by atoms with Gasteiger partial charge in [-0.1, -0.05) is 12.1 Å². The average molecular weight is 397 g/mol. The van der Waals surface area contributed by atoms with Crippen LogP contribution in [0.4, 0.5) is 4.79 Å². The van der Waals surface area contributed by atoms with Gasteiger partial charge in [0.05, 0.1) is 5.56 Å². The molecule has 0 spiro atoms. The molecule has 1 atom stereocenters. The van der Waals surface area contributed by atoms with Crippen LogP contribution in [0, 0.1) is 0 Å². The number of hydrogen-bond donors (Lipinski definition) is 1. The zero-order valence-corrected chi connectivity index (χ0v) is 16.1. The minimum atomic E-state index is -0.489. The van der Waals surface area contributed by atoms with E-state index in [9.17, 15) is 9.59 Å². The summed E-state index contributed by atoms with van der Waals surface area (Å²) in [5.41, 5.74) is 0.141. The number of carbonyl (C=O) groups is 2. The summed E-state index contributed by atoms with van der Waals surface area (Å²) in [4.78, 5) is 26.3. The summed E-state index contributed by atoms with van der Waals surface area (Å²) < 4.78 is 6.21. The van der Waals surface area contributed by atoms with Crippen molar-refractivity contribution in [2.24, 2.45) is 0 Å². The lowest BCUT2D eigenvalue weighted by Crippen LogP contribution is -2.39. The van der Waals surface area contributed by atoms with E-state index in [4.69, 9.17) is 4.74 Å². The minimum Gasteiger partial charge on any atom is -0.444 e. The molecule has 1 heterocycles. The maximum Gasteiger partial charge on any atom is 0.410 e. The molecule has 0 aromatic heterocycles. The van der Waals surface area contributed by atoms with Gasteiger partial charge in [0.1, 0.15) is 5.60 Å². The average Bonchev–Trinajstić information content (AvgIpc) is 2.71. The van der Waals surface area contributed by atoms with Crippen LogP contribution < -0.4 is 5.32 Å². The van der Waals surface area contributed by atoms with Crippen molar-refractivity contribution < 1.29 is 14.3 Å². The normalized spacial score (nSPS) is 18.7. The zero-order valence-electron chi connectivity index (χ0n) is 14.5. The summed E-state index contributed by atoms with van der Waals surface area (Å²) in [5, 5.41) is 3.08. The Balaban J connectivity index is 1.90. The number of nitrogens with zero attached hydrogens (tertiary/aromatic N) is 1. The van der Waals surface area contributed by atoms with E-state index in [-0.39, 0.29) is 18.0 Å². The third kappa shape index (κ3) is 5.51. The van der Waals surface area contributed by atoms with Gasteiger partial charge in [-0.2, -0.15) is 0 Å². The van der Waals surface area contributed by atoms with Gasteiger partial charge < -0.3 is 15.0 Å². The molecule has 1 aliphatic rings. The van der Waals surface area contributed by atoms with Crippen molar-refractivity contribution in [3.05, 3.63) is 34.3 Å². The van der Waals surface area contributed by atoms with Gasteiger partial charge in [-0.05, 0) is 68.1 Å². The topological polar surface area (TPSA) is 58.6 Å². The van der Waals surface area contributed by atoms with E-state index in [0.29, 0.717) is 18.7 Å². The molecule has 1 fully saturated rings. The summed E-state index contributed by atoms with van der Waals surface area (Å²) in [5.74, 6) is -0.0850. The van der Waals surface area contributed by atoms with Gasteiger partial charge in [-0.15, -0.1) is 0 Å². The lowest BCUT2D eigenvalue weighted by molar-refractivity contribution is 0.0256. The standard InChI is InChI=1S/C18H25BrN2O3/c1-18(2,3)24-17(23)21-11-6-7-13(10-12-21)20-16(22)14-8-4-5-9-15(14)19/h4-5,8-9,13H,6-7,10-12H2,1-3H3,(H,20,22)/t13-/m1/s1. The molecule has 1 aromatic carbocycles. The molecule has 2 amide bonds. The first kappa shape index (κ1) is 18.8. The first-order valence-electron chi connectivity index (χ1n) is 8.29. The first-order valence-corrected chi connectivity index (χ1v) is 9.09. The molecule has 1 aromatic rings. The predicted molar refractivity (Wildman–Crippen MR) is 97.1 cm³/mol. The molecule has 1 saturated heterocycles. The van der Waals surface area contributed by atoms with Crippen LogP contribution in [0.3, 0.4) is 0 Å². The second-order valence-corrected chi connectivity index (χ2v) is 7.90. The molecule has 0 unspecified atom stereocenters. The van der Waals surface area contributed by atoms with Crippen molar-refractivity contribution >= 4 is 27.9 Å². The quantitative estimate of drug-likeness (QED) is 0.822. The van der Waals surface area contributed by atoms with Gasteiger partial charge in [0, 0.05) is 23.6 Å². The van der Waals surface area contributed by atoms with Crippen LogP contribution in [-0.4, -0.2) is 41.6 Å². The summed E-state index contributed by atoms with van der Waals surface area (Å²) >= 11 is 3.40. The highest BCUT2D eigenvalue weighted by Crippen LogP contribution is 2.18. The van der Waals surface area contributed by atoms with Crippen LogP contribution in [0.2, 0.25) is 0 Å². The third-order valence-corrected chi connectivity index (χ3v) is 4.52. The van der Waals surface area contributed by atoms with E-state index in [1.165, 1.54) is 0 Å². The van der Waals surface area contributed by atoms with Crippen molar-refractivity contribution in [2.75, 3.05) is 13.1 Å². The van der Waals surface area contributed by atoms with Gasteiger partial charge in [0.25, 0.3) is 5.91 Å². The molecule has 6 heteroatoms. The molecule has 2 rings (SSSR count). The van der Waals surface area contributed by atoms with Gasteiger partial charge in [0.2, 0.25) is 0 Å². The van der Waals surface area contributed by atoms with Gasteiger partial charge >= 0.3 is 6.09 Å². The van der Waals surface area contributed by atoms with E-state index in [0.717, 1.165) is 23.7 Å². The van der Waals surface area contributed by atoms with Crippen LogP contribution >= 0.6 is 15.9 Å². The predicted octanol–water partition coefficient (Wildman–Crippen LogP) is 3.97. The number of likely N-dealkylation sites (tertiary alicyclic amines) is 1. The minimum absolute atomic E-state index is 0.0667. The van der Waals surface area contributed by atoms with E-state index in [1.54, 1.807) is 11.0 Å². The lowest BCUT2D eigenvalue weighted by Gasteiger charge is -2.26. The van der Waals surface area contributed by atoms with Crippen molar-refractivity contribution in [3.8, 4) is 0 Å². The molecule has 0 radical (unpaired) electrons. The van der Waals surface area contributed by atoms with E-state index < -0.39 is 5.60 Å². The van der Waals surface area contributed by atoms with Crippen molar-refractivity contribution in [1.29, 1.82) is 0 Å². The molecule has 1 aliphatic heterocycles. The maximum absolute atomic E-state index is 12.4. The van der Waals surface area contributed by atoms with Gasteiger partial charge in [0.15, 0.2) is 0 Å². The SMILES string of the molecule is CC(C)(C)OC(=O)N1CCC[C@@H](NC(=O)c2ccccc2Br)CC1. The Labute approximate surface area is 151 Å². The second-order valence-electron chi connectivity index (χ2n) is 7.05. The Bertz CT molecular complexity index is 598. The monoisotopic (exact) mass is 396 g/mol. The van der Waals surface area contributed by atoms with E-state index in [2.05, 4.69) is 21.2 Å². The summed E-state index contributed by atoms with van der Waals surface area (Å²) in [6.07, 6.45) is 2.16. The Hall–Kier alpha value is -1.56. The molecule has 24 heavy (non-hydrogen) atoms. The van der Waals surface area contributed by atoms with Gasteiger partial charge in [-0.25, -0.2) is 4.79 Å². The first-order chi connectivity index (χ1) is 11.3. The molecule has 5 nitrogen and oxygen atoms in total. The number of carbonyl (C=O) groups excluding carboxylic acids is 2. The smallest absolute Gasteiger partial charge is 0.410 e. The van der Waals surface area contributed by atoms with Crippen LogP contribution in [-0.2, 0) is 4.74 Å². The van der Waals surface area contributed by atoms with Crippen molar-refractivity contribution in [1.82, 2.24) is 10.2 Å². The van der Waals surface area contributed by atoms with Crippen molar-refractivity contribution in [2.45, 2.75) is 51.7 Å². The highest BCUT2D eigenvalue weighted by molar-refractivity contribution is 9.10. The van der Waals surface area contributed by atoms with E-state index in [1.807, 2.05) is 39.0 Å². The summed E-state index contributed by atoms with van der Waals surface area (Å²) in [6.45, 7) is 6.85. The number of benzene rings is 1. The highest BCUT2D eigenvalue weighted by atomic mass is 79.9. The highest BCUT2D eigenvalue weighted by Gasteiger charge is 2.26. The molecular formula is C18H25BrN2O3. The molecular weight excluding hydrogens is 372 g/mol. The number of halogens is 1. The van der Waals surface area contributed by atoms with Crippen LogP contribution in [0.5, 0.6) is 0 Å². The second kappa shape index (κ2) is 8.01. The summed E-state index contributed by atoms with van der Waals surface area (Å²) in [7, 11) is 0. The molecule has 132 valence electrons. The maximum atomic E-state index is 12.4. The fraction of sp³-hybridized carbons (Fsp3) is 0.556. The molecule has 0 bridgehead atoms. The van der Waals surface area contributed by atoms with Crippen LogP contribution in [0.1, 0.15) is 50.4 Å². The summed E-state index contributed by atoms with van der Waals surface area (Å²) in [6, 6.07) is 7.44. The van der Waals surface area contributed by atoms with E-state index >= 15 is 0 Å². The molecule has 0 saturated carbocycles.